The third-order valence-electron chi connectivity index (χ3n) is 2.16. The van der Waals surface area contributed by atoms with E-state index in [4.69, 9.17) is 33.0 Å². The lowest BCUT2D eigenvalue weighted by atomic mass is 10.2. The van der Waals surface area contributed by atoms with Crippen LogP contribution in [0.5, 0.6) is 11.6 Å². The molecule has 0 unspecified atom stereocenters. The van der Waals surface area contributed by atoms with Gasteiger partial charge in [-0.05, 0) is 24.3 Å². The highest BCUT2D eigenvalue weighted by molar-refractivity contribution is 6.33. The summed E-state index contributed by atoms with van der Waals surface area (Å²) >= 11 is 11.3. The molecule has 0 aliphatic heterocycles. The van der Waals surface area contributed by atoms with Gasteiger partial charge in [-0.2, -0.15) is 0 Å². The van der Waals surface area contributed by atoms with Gasteiger partial charge in [0, 0.05) is 6.20 Å². The van der Waals surface area contributed by atoms with Crippen molar-refractivity contribution in [2.24, 2.45) is 0 Å². The highest BCUT2D eigenvalue weighted by atomic mass is 35.5. The number of hydrogen-bond donors (Lipinski definition) is 1. The molecule has 0 amide bonds. The minimum absolute atomic E-state index is 0.0596. The van der Waals surface area contributed by atoms with E-state index in [9.17, 15) is 9.18 Å². The van der Waals surface area contributed by atoms with E-state index in [0.717, 1.165) is 6.07 Å². The van der Waals surface area contributed by atoms with Crippen molar-refractivity contribution < 1.29 is 19.0 Å². The Hall–Kier alpha value is -1.85. The molecule has 0 fully saturated rings. The molecule has 0 spiro atoms. The van der Waals surface area contributed by atoms with Gasteiger partial charge in [-0.25, -0.2) is 14.2 Å². The van der Waals surface area contributed by atoms with Crippen molar-refractivity contribution in [2.45, 2.75) is 0 Å². The molecule has 0 saturated carbocycles. The number of nitrogens with zero attached hydrogens (tertiary/aromatic N) is 1. The second-order valence-electron chi connectivity index (χ2n) is 3.49. The third kappa shape index (κ3) is 3.13. The van der Waals surface area contributed by atoms with E-state index in [0.29, 0.717) is 0 Å². The van der Waals surface area contributed by atoms with Crippen molar-refractivity contribution in [3.63, 3.8) is 0 Å². The van der Waals surface area contributed by atoms with Crippen LogP contribution in [-0.2, 0) is 0 Å². The van der Waals surface area contributed by atoms with Crippen LogP contribution < -0.4 is 4.74 Å². The van der Waals surface area contributed by atoms with E-state index < -0.39 is 11.8 Å². The van der Waals surface area contributed by atoms with Crippen molar-refractivity contribution in [1.29, 1.82) is 0 Å². The number of ether oxygens (including phenoxy) is 1. The number of carboxylic acids is 1. The normalized spacial score (nSPS) is 10.3. The van der Waals surface area contributed by atoms with Gasteiger partial charge >= 0.3 is 5.97 Å². The molecule has 7 heteroatoms. The number of carbonyl (C=O) groups is 1. The van der Waals surface area contributed by atoms with Crippen molar-refractivity contribution in [2.75, 3.05) is 0 Å². The zero-order chi connectivity index (χ0) is 14.0. The summed E-state index contributed by atoms with van der Waals surface area (Å²) in [6, 6.07) is 4.97. The molecule has 1 aromatic heterocycles. The molecule has 19 heavy (non-hydrogen) atoms. The van der Waals surface area contributed by atoms with Crippen molar-refractivity contribution in [1.82, 2.24) is 4.98 Å². The highest BCUT2D eigenvalue weighted by Crippen LogP contribution is 2.27. The van der Waals surface area contributed by atoms with E-state index in [1.165, 1.54) is 24.4 Å². The van der Waals surface area contributed by atoms with Gasteiger partial charge in [0.05, 0.1) is 15.6 Å². The van der Waals surface area contributed by atoms with Crippen molar-refractivity contribution in [3.8, 4) is 11.6 Å². The quantitative estimate of drug-likeness (QED) is 0.930. The maximum absolute atomic E-state index is 13.5. The lowest BCUT2D eigenvalue weighted by Crippen LogP contribution is -1.99. The summed E-state index contributed by atoms with van der Waals surface area (Å²) in [5.74, 6) is -2.15. The predicted molar refractivity (Wildman–Crippen MR) is 67.7 cm³/mol. The summed E-state index contributed by atoms with van der Waals surface area (Å²) in [5, 5.41) is 9.09. The number of aromatic nitrogens is 1. The number of pyridine rings is 1. The van der Waals surface area contributed by atoms with Gasteiger partial charge in [0.1, 0.15) is 5.75 Å². The number of hydrogen-bond acceptors (Lipinski definition) is 3. The molecular formula is C12H6Cl2FNO3. The van der Waals surface area contributed by atoms with E-state index in [-0.39, 0.29) is 27.2 Å². The van der Waals surface area contributed by atoms with Gasteiger partial charge in [0.25, 0.3) is 5.88 Å². The molecule has 0 aliphatic carbocycles. The first-order chi connectivity index (χ1) is 8.97. The minimum Gasteiger partial charge on any atom is -0.478 e. The minimum atomic E-state index is -1.21. The molecule has 0 bridgehead atoms. The third-order valence-corrected chi connectivity index (χ3v) is 2.69. The van der Waals surface area contributed by atoms with Crippen molar-refractivity contribution in [3.05, 3.63) is 51.9 Å². The Kier molecular flexibility index (Phi) is 3.87. The van der Waals surface area contributed by atoms with Gasteiger partial charge in [-0.15, -0.1) is 0 Å². The molecule has 98 valence electrons. The fourth-order valence-electron chi connectivity index (χ4n) is 1.32. The molecule has 4 nitrogen and oxygen atoms in total. The summed E-state index contributed by atoms with van der Waals surface area (Å²) < 4.78 is 18.6. The molecular weight excluding hydrogens is 296 g/mol. The van der Waals surface area contributed by atoms with E-state index >= 15 is 0 Å². The van der Waals surface area contributed by atoms with Gasteiger partial charge < -0.3 is 9.84 Å². The topological polar surface area (TPSA) is 59.4 Å². The largest absolute Gasteiger partial charge is 0.478 e. The SMILES string of the molecule is O=C(O)c1cc(Oc2ncc(Cl)cc2F)ccc1Cl. The summed E-state index contributed by atoms with van der Waals surface area (Å²) in [6.45, 7) is 0. The summed E-state index contributed by atoms with van der Waals surface area (Å²) in [5.41, 5.74) is -0.145. The Morgan fingerprint density at radius 3 is 2.68 bits per heavy atom. The first kappa shape index (κ1) is 13.6. The first-order valence-corrected chi connectivity index (χ1v) is 5.74. The Morgan fingerprint density at radius 1 is 1.32 bits per heavy atom. The average molecular weight is 302 g/mol. The lowest BCUT2D eigenvalue weighted by Gasteiger charge is -2.07. The van der Waals surface area contributed by atoms with Crippen LogP contribution in [0.25, 0.3) is 0 Å². The van der Waals surface area contributed by atoms with Gasteiger partial charge in [0.15, 0.2) is 5.82 Å². The van der Waals surface area contributed by atoms with Crippen LogP contribution in [-0.4, -0.2) is 16.1 Å². The zero-order valence-electron chi connectivity index (χ0n) is 9.23. The smallest absolute Gasteiger partial charge is 0.337 e. The molecule has 0 atom stereocenters. The Bertz CT molecular complexity index is 649. The van der Waals surface area contributed by atoms with E-state index in [1.54, 1.807) is 0 Å². The number of rotatable bonds is 3. The predicted octanol–water partition coefficient (Wildman–Crippen LogP) is 4.02. The second kappa shape index (κ2) is 5.42. The number of aromatic carboxylic acids is 1. The van der Waals surface area contributed by atoms with E-state index in [1.807, 2.05) is 0 Å². The maximum atomic E-state index is 13.5. The molecule has 1 N–H and O–H groups in total. The molecule has 0 radical (unpaired) electrons. The Balaban J connectivity index is 2.33. The maximum Gasteiger partial charge on any atom is 0.337 e. The molecule has 2 aromatic rings. The Morgan fingerprint density at radius 2 is 2.05 bits per heavy atom. The molecule has 0 aliphatic rings. The van der Waals surface area contributed by atoms with Crippen LogP contribution in [0.2, 0.25) is 10.0 Å². The molecule has 1 heterocycles. The molecule has 1 aromatic carbocycles. The van der Waals surface area contributed by atoms with Crippen LogP contribution >= 0.6 is 23.2 Å². The number of carboxylic acid groups (broad SMARTS) is 1. The molecule has 2 rings (SSSR count). The fourth-order valence-corrected chi connectivity index (χ4v) is 1.66. The van der Waals surface area contributed by atoms with Crippen molar-refractivity contribution >= 4 is 29.2 Å². The van der Waals surface area contributed by atoms with Crippen LogP contribution in [0.15, 0.2) is 30.5 Å². The summed E-state index contributed by atoms with van der Waals surface area (Å²) in [7, 11) is 0. The summed E-state index contributed by atoms with van der Waals surface area (Å²) in [4.78, 5) is 14.6. The van der Waals surface area contributed by atoms with Crippen LogP contribution in [0.1, 0.15) is 10.4 Å². The molecule has 0 saturated heterocycles. The average Bonchev–Trinajstić information content (AvgIpc) is 2.34. The van der Waals surface area contributed by atoms with Gasteiger partial charge in [-0.3, -0.25) is 0 Å². The van der Waals surface area contributed by atoms with Crippen LogP contribution in [0, 0.1) is 5.82 Å². The monoisotopic (exact) mass is 301 g/mol. The van der Waals surface area contributed by atoms with Crippen LogP contribution in [0.4, 0.5) is 4.39 Å². The van der Waals surface area contributed by atoms with Gasteiger partial charge in [0.2, 0.25) is 0 Å². The van der Waals surface area contributed by atoms with Gasteiger partial charge in [-0.1, -0.05) is 23.2 Å². The van der Waals surface area contributed by atoms with E-state index in [2.05, 4.69) is 4.98 Å². The van der Waals surface area contributed by atoms with Crippen LogP contribution in [0.3, 0.4) is 0 Å². The lowest BCUT2D eigenvalue weighted by molar-refractivity contribution is 0.0696. The summed E-state index contributed by atoms with van der Waals surface area (Å²) in [6.07, 6.45) is 1.22. The fraction of sp³-hybridized carbons (Fsp3) is 0. The first-order valence-electron chi connectivity index (χ1n) is 4.99. The number of halogens is 3. The zero-order valence-corrected chi connectivity index (χ0v) is 10.7. The standard InChI is InChI=1S/C12H6Cl2FNO3/c13-6-3-10(15)11(16-5-6)19-7-1-2-9(14)8(4-7)12(17)18/h1-5H,(H,17,18). The highest BCUT2D eigenvalue weighted by Gasteiger charge is 2.12. The number of benzene rings is 1. The Labute approximate surface area is 117 Å². The second-order valence-corrected chi connectivity index (χ2v) is 4.33.